The summed E-state index contributed by atoms with van der Waals surface area (Å²) in [7, 11) is -3.86. The molecule has 0 saturated heterocycles. The Labute approximate surface area is 139 Å². The molecule has 0 fully saturated rings. The van der Waals surface area contributed by atoms with Gasteiger partial charge in [-0.1, -0.05) is 11.2 Å². The molecule has 0 spiro atoms. The van der Waals surface area contributed by atoms with Crippen molar-refractivity contribution in [2.75, 3.05) is 6.54 Å². The standard InChI is InChI=1S/C14H19N3O4S2/c1-9-13(11(3)21-16-9)23(19,20)17-10(2)14(18)15-7-6-12-5-4-8-22-12/h4-5,8,10,17H,6-7H2,1-3H3,(H,15,18)/t10-/m0/s1. The molecule has 1 atom stereocenters. The molecule has 2 aromatic rings. The molecular formula is C14H19N3O4S2. The number of rotatable bonds is 7. The van der Waals surface area contributed by atoms with Crippen LogP contribution in [-0.2, 0) is 21.2 Å². The second kappa shape index (κ2) is 7.24. The van der Waals surface area contributed by atoms with Crippen LogP contribution in [0.3, 0.4) is 0 Å². The predicted octanol–water partition coefficient (Wildman–Crippen LogP) is 1.38. The number of aryl methyl sites for hydroxylation is 2. The molecule has 0 bridgehead atoms. The van der Waals surface area contributed by atoms with E-state index in [0.29, 0.717) is 13.0 Å². The van der Waals surface area contributed by atoms with E-state index in [1.54, 1.807) is 11.3 Å². The number of hydrogen-bond donors (Lipinski definition) is 2. The number of aromatic nitrogens is 1. The second-order valence-corrected chi connectivity index (χ2v) is 7.80. The first-order chi connectivity index (χ1) is 10.8. The Kier molecular flexibility index (Phi) is 5.55. The van der Waals surface area contributed by atoms with Crippen molar-refractivity contribution in [1.29, 1.82) is 0 Å². The zero-order valence-electron chi connectivity index (χ0n) is 13.1. The number of hydrogen-bond acceptors (Lipinski definition) is 6. The Hall–Kier alpha value is -1.71. The zero-order valence-corrected chi connectivity index (χ0v) is 14.8. The van der Waals surface area contributed by atoms with Crippen molar-refractivity contribution >= 4 is 27.3 Å². The van der Waals surface area contributed by atoms with Crippen molar-refractivity contribution in [1.82, 2.24) is 15.2 Å². The Morgan fingerprint density at radius 3 is 2.74 bits per heavy atom. The van der Waals surface area contributed by atoms with Gasteiger partial charge in [0.1, 0.15) is 10.6 Å². The van der Waals surface area contributed by atoms with E-state index in [-0.39, 0.29) is 22.3 Å². The van der Waals surface area contributed by atoms with Crippen molar-refractivity contribution in [3.63, 3.8) is 0 Å². The van der Waals surface area contributed by atoms with Gasteiger partial charge >= 0.3 is 0 Å². The highest BCUT2D eigenvalue weighted by molar-refractivity contribution is 7.89. The lowest BCUT2D eigenvalue weighted by molar-refractivity contribution is -0.122. The lowest BCUT2D eigenvalue weighted by Gasteiger charge is -2.14. The molecule has 9 heteroatoms. The van der Waals surface area contributed by atoms with E-state index in [1.807, 2.05) is 17.5 Å². The quantitative estimate of drug-likeness (QED) is 0.779. The molecule has 0 radical (unpaired) electrons. The number of carbonyl (C=O) groups is 1. The zero-order chi connectivity index (χ0) is 17.0. The fraction of sp³-hybridized carbons (Fsp3) is 0.429. The van der Waals surface area contributed by atoms with Crippen molar-refractivity contribution in [2.45, 2.75) is 38.1 Å². The monoisotopic (exact) mass is 357 g/mol. The molecule has 0 saturated carbocycles. The van der Waals surface area contributed by atoms with Crippen LogP contribution in [0.25, 0.3) is 0 Å². The van der Waals surface area contributed by atoms with Gasteiger partial charge in [0, 0.05) is 11.4 Å². The van der Waals surface area contributed by atoms with Crippen LogP contribution in [0.5, 0.6) is 0 Å². The van der Waals surface area contributed by atoms with Crippen molar-refractivity contribution in [2.24, 2.45) is 0 Å². The maximum atomic E-state index is 12.3. The maximum absolute atomic E-state index is 12.3. The summed E-state index contributed by atoms with van der Waals surface area (Å²) < 4.78 is 31.8. The van der Waals surface area contributed by atoms with Gasteiger partial charge < -0.3 is 9.84 Å². The van der Waals surface area contributed by atoms with Gasteiger partial charge in [0.05, 0.1) is 6.04 Å². The molecule has 0 aliphatic carbocycles. The van der Waals surface area contributed by atoms with Crippen LogP contribution in [0, 0.1) is 13.8 Å². The fourth-order valence-corrected chi connectivity index (χ4v) is 4.36. The summed E-state index contributed by atoms with van der Waals surface area (Å²) in [5.74, 6) is -0.183. The first kappa shape index (κ1) is 17.6. The molecule has 1 amide bonds. The average molecular weight is 357 g/mol. The van der Waals surface area contributed by atoms with Gasteiger partial charge in [0.2, 0.25) is 15.9 Å². The van der Waals surface area contributed by atoms with Crippen molar-refractivity contribution in [3.8, 4) is 0 Å². The van der Waals surface area contributed by atoms with Gasteiger partial charge in [-0.2, -0.15) is 4.72 Å². The van der Waals surface area contributed by atoms with E-state index in [1.165, 1.54) is 20.8 Å². The summed E-state index contributed by atoms with van der Waals surface area (Å²) in [6.45, 7) is 5.00. The highest BCUT2D eigenvalue weighted by Crippen LogP contribution is 2.18. The van der Waals surface area contributed by atoms with Crippen LogP contribution in [-0.4, -0.2) is 32.1 Å². The molecule has 126 valence electrons. The molecule has 2 heterocycles. The fourth-order valence-electron chi connectivity index (χ4n) is 2.12. The Bertz CT molecular complexity index is 747. The smallest absolute Gasteiger partial charge is 0.246 e. The molecule has 0 aliphatic heterocycles. The summed E-state index contributed by atoms with van der Waals surface area (Å²) in [5, 5.41) is 8.31. The van der Waals surface area contributed by atoms with Gasteiger partial charge in [0.15, 0.2) is 5.76 Å². The van der Waals surface area contributed by atoms with E-state index < -0.39 is 16.1 Å². The van der Waals surface area contributed by atoms with Crippen LogP contribution in [0.1, 0.15) is 23.3 Å². The molecule has 0 unspecified atom stereocenters. The molecule has 2 N–H and O–H groups in total. The largest absolute Gasteiger partial charge is 0.360 e. The van der Waals surface area contributed by atoms with E-state index in [0.717, 1.165) is 4.88 Å². The van der Waals surface area contributed by atoms with Gasteiger partial charge in [-0.3, -0.25) is 4.79 Å². The summed E-state index contributed by atoms with van der Waals surface area (Å²) in [6.07, 6.45) is 0.715. The van der Waals surface area contributed by atoms with Crippen LogP contribution in [0.4, 0.5) is 0 Å². The number of nitrogens with one attached hydrogen (secondary N) is 2. The first-order valence-corrected chi connectivity index (χ1v) is 9.43. The third-order valence-corrected chi connectivity index (χ3v) is 5.93. The number of nitrogens with zero attached hydrogens (tertiary/aromatic N) is 1. The molecule has 2 aromatic heterocycles. The summed E-state index contributed by atoms with van der Waals surface area (Å²) >= 11 is 1.61. The number of carbonyl (C=O) groups excluding carboxylic acids is 1. The van der Waals surface area contributed by atoms with Crippen LogP contribution in [0.15, 0.2) is 26.9 Å². The van der Waals surface area contributed by atoms with E-state index in [9.17, 15) is 13.2 Å². The third kappa shape index (κ3) is 4.40. The summed E-state index contributed by atoms with van der Waals surface area (Å²) in [4.78, 5) is 13.2. The molecule has 0 aromatic carbocycles. The molecule has 7 nitrogen and oxygen atoms in total. The minimum absolute atomic E-state index is 0.0178. The number of sulfonamides is 1. The van der Waals surface area contributed by atoms with Crippen molar-refractivity contribution < 1.29 is 17.7 Å². The van der Waals surface area contributed by atoms with E-state index in [2.05, 4.69) is 15.2 Å². The van der Waals surface area contributed by atoms with Crippen LogP contribution < -0.4 is 10.0 Å². The molecule has 0 aliphatic rings. The van der Waals surface area contributed by atoms with Crippen LogP contribution in [0.2, 0.25) is 0 Å². The number of amides is 1. The molecule has 2 rings (SSSR count). The first-order valence-electron chi connectivity index (χ1n) is 7.06. The van der Waals surface area contributed by atoms with Crippen LogP contribution >= 0.6 is 11.3 Å². The lowest BCUT2D eigenvalue weighted by Crippen LogP contribution is -2.45. The van der Waals surface area contributed by atoms with Gasteiger partial charge in [0.25, 0.3) is 0 Å². The molecular weight excluding hydrogens is 338 g/mol. The minimum Gasteiger partial charge on any atom is -0.360 e. The molecule has 23 heavy (non-hydrogen) atoms. The summed E-state index contributed by atoms with van der Waals surface area (Å²) in [5.41, 5.74) is 0.264. The SMILES string of the molecule is Cc1noc(C)c1S(=O)(=O)N[C@@H](C)C(=O)NCCc1cccs1. The maximum Gasteiger partial charge on any atom is 0.246 e. The topological polar surface area (TPSA) is 101 Å². The highest BCUT2D eigenvalue weighted by Gasteiger charge is 2.27. The van der Waals surface area contributed by atoms with Gasteiger partial charge in [-0.15, -0.1) is 11.3 Å². The van der Waals surface area contributed by atoms with Gasteiger partial charge in [-0.25, -0.2) is 8.42 Å². The number of thiophene rings is 1. The second-order valence-electron chi connectivity index (χ2n) is 5.12. The normalized spacial score (nSPS) is 13.0. The van der Waals surface area contributed by atoms with E-state index in [4.69, 9.17) is 4.52 Å². The van der Waals surface area contributed by atoms with Crippen molar-refractivity contribution in [3.05, 3.63) is 33.8 Å². The Morgan fingerprint density at radius 2 is 2.17 bits per heavy atom. The minimum atomic E-state index is -3.86. The highest BCUT2D eigenvalue weighted by atomic mass is 32.2. The van der Waals surface area contributed by atoms with Gasteiger partial charge in [-0.05, 0) is 38.6 Å². The van der Waals surface area contributed by atoms with E-state index >= 15 is 0 Å². The third-order valence-electron chi connectivity index (χ3n) is 3.21. The lowest BCUT2D eigenvalue weighted by atomic mass is 10.3. The predicted molar refractivity (Wildman–Crippen MR) is 86.8 cm³/mol. The summed E-state index contributed by atoms with van der Waals surface area (Å²) in [6, 6.07) is 3.04. The Balaban J connectivity index is 1.92. The average Bonchev–Trinajstić information content (AvgIpc) is 3.08. The Morgan fingerprint density at radius 1 is 1.43 bits per heavy atom.